The molecule has 3 rings (SSSR count). The maximum absolute atomic E-state index is 13.0. The number of rotatable bonds is 9. The first kappa shape index (κ1) is 25.5. The van der Waals surface area contributed by atoms with Crippen LogP contribution in [0.1, 0.15) is 29.8 Å². The molecule has 8 nitrogen and oxygen atoms in total. The van der Waals surface area contributed by atoms with Crippen LogP contribution in [0, 0.1) is 0 Å². The van der Waals surface area contributed by atoms with Crippen LogP contribution in [0.15, 0.2) is 47.4 Å². The average molecular weight is 496 g/mol. The van der Waals surface area contributed by atoms with E-state index >= 15 is 0 Å². The summed E-state index contributed by atoms with van der Waals surface area (Å²) in [4.78, 5) is 15.0. The number of halogens is 1. The maximum atomic E-state index is 13.0. The minimum atomic E-state index is -3.94. The first-order valence-corrected chi connectivity index (χ1v) is 12.5. The first-order chi connectivity index (χ1) is 15.6. The van der Waals surface area contributed by atoms with Gasteiger partial charge in [0, 0.05) is 42.3 Å². The van der Waals surface area contributed by atoms with Crippen molar-refractivity contribution in [1.29, 1.82) is 0 Å². The van der Waals surface area contributed by atoms with Crippen LogP contribution >= 0.6 is 11.6 Å². The van der Waals surface area contributed by atoms with Crippen LogP contribution < -0.4 is 14.8 Å². The summed E-state index contributed by atoms with van der Waals surface area (Å²) in [7, 11) is -2.55. The van der Waals surface area contributed by atoms with Crippen LogP contribution in [0.5, 0.6) is 5.75 Å². The van der Waals surface area contributed by atoms with Gasteiger partial charge in [0.15, 0.2) is 0 Å². The van der Waals surface area contributed by atoms with Crippen molar-refractivity contribution in [2.45, 2.75) is 30.8 Å². The Kier molecular flexibility index (Phi) is 8.36. The zero-order chi connectivity index (χ0) is 24.1. The van der Waals surface area contributed by atoms with E-state index in [0.29, 0.717) is 24.8 Å². The van der Waals surface area contributed by atoms with Crippen molar-refractivity contribution in [1.82, 2.24) is 14.9 Å². The van der Waals surface area contributed by atoms with Crippen LogP contribution in [0.3, 0.4) is 0 Å². The molecule has 1 fully saturated rings. The molecule has 0 aliphatic carbocycles. The minimum absolute atomic E-state index is 0.0762. The predicted octanol–water partition coefficient (Wildman–Crippen LogP) is 2.67. The molecule has 1 aliphatic rings. The first-order valence-electron chi connectivity index (χ1n) is 10.7. The van der Waals surface area contributed by atoms with Gasteiger partial charge < -0.3 is 14.8 Å². The molecule has 1 heterocycles. The maximum Gasteiger partial charge on any atom is 0.251 e. The van der Waals surface area contributed by atoms with E-state index < -0.39 is 10.0 Å². The fraction of sp³-hybridized carbons (Fsp3) is 0.435. The molecule has 1 saturated heterocycles. The van der Waals surface area contributed by atoms with Crippen molar-refractivity contribution in [3.8, 4) is 5.75 Å². The van der Waals surface area contributed by atoms with Crippen LogP contribution in [-0.2, 0) is 21.3 Å². The molecule has 180 valence electrons. The fourth-order valence-electron chi connectivity index (χ4n) is 3.57. The van der Waals surface area contributed by atoms with E-state index in [1.807, 2.05) is 0 Å². The molecule has 0 spiro atoms. The van der Waals surface area contributed by atoms with Gasteiger partial charge in [0.05, 0.1) is 20.3 Å². The number of hydrogen-bond donors (Lipinski definition) is 2. The molecule has 33 heavy (non-hydrogen) atoms. The van der Waals surface area contributed by atoms with Gasteiger partial charge >= 0.3 is 0 Å². The normalized spacial score (nSPS) is 15.3. The molecular formula is C23H30ClN3O5S. The Labute approximate surface area is 200 Å². The van der Waals surface area contributed by atoms with Gasteiger partial charge in [-0.05, 0) is 49.7 Å². The number of nitrogens with one attached hydrogen (secondary N) is 2. The largest absolute Gasteiger partial charge is 0.495 e. The summed E-state index contributed by atoms with van der Waals surface area (Å²) in [5.41, 5.74) is 0.725. The average Bonchev–Trinajstić information content (AvgIpc) is 2.82. The van der Waals surface area contributed by atoms with Gasteiger partial charge in [-0.2, -0.15) is 0 Å². The number of morpholine rings is 1. The predicted molar refractivity (Wildman–Crippen MR) is 127 cm³/mol. The van der Waals surface area contributed by atoms with Crippen molar-refractivity contribution in [2.24, 2.45) is 0 Å². The lowest BCUT2D eigenvalue weighted by Crippen LogP contribution is -2.55. The molecule has 0 atom stereocenters. The van der Waals surface area contributed by atoms with E-state index in [2.05, 4.69) is 28.8 Å². The summed E-state index contributed by atoms with van der Waals surface area (Å²) < 4.78 is 39.2. The highest BCUT2D eigenvalue weighted by Crippen LogP contribution is 2.25. The lowest BCUT2D eigenvalue weighted by Gasteiger charge is -2.40. The lowest BCUT2D eigenvalue weighted by molar-refractivity contribution is -0.00923. The number of methoxy groups -OCH3 is 1. The van der Waals surface area contributed by atoms with Crippen LogP contribution in [-0.4, -0.2) is 64.7 Å². The van der Waals surface area contributed by atoms with Crippen LogP contribution in [0.25, 0.3) is 0 Å². The van der Waals surface area contributed by atoms with Gasteiger partial charge in [-0.15, -0.1) is 0 Å². The minimum Gasteiger partial charge on any atom is -0.495 e. The molecule has 0 unspecified atom stereocenters. The monoisotopic (exact) mass is 495 g/mol. The number of carbonyl (C=O) groups is 1. The lowest BCUT2D eigenvalue weighted by atomic mass is 10.0. The van der Waals surface area contributed by atoms with E-state index in [9.17, 15) is 13.2 Å². The molecule has 2 aromatic carbocycles. The van der Waals surface area contributed by atoms with Gasteiger partial charge in [0.1, 0.15) is 10.6 Å². The van der Waals surface area contributed by atoms with Crippen LogP contribution in [0.2, 0.25) is 5.02 Å². The second-order valence-electron chi connectivity index (χ2n) is 8.41. The summed E-state index contributed by atoms with van der Waals surface area (Å²) in [5, 5.41) is 3.49. The topological polar surface area (TPSA) is 97.0 Å². The van der Waals surface area contributed by atoms with Crippen LogP contribution in [0.4, 0.5) is 0 Å². The summed E-state index contributed by atoms with van der Waals surface area (Å²) in [5.74, 6) is -0.197. The highest BCUT2D eigenvalue weighted by molar-refractivity contribution is 7.89. The molecule has 2 aromatic rings. The molecule has 0 saturated carbocycles. The number of benzene rings is 2. The van der Waals surface area contributed by atoms with Gasteiger partial charge in [0.25, 0.3) is 5.91 Å². The van der Waals surface area contributed by atoms with Crippen molar-refractivity contribution in [2.75, 3.05) is 40.0 Å². The van der Waals surface area contributed by atoms with Crippen molar-refractivity contribution >= 4 is 27.5 Å². The Balaban J connectivity index is 1.72. The van der Waals surface area contributed by atoms with Crippen molar-refractivity contribution in [3.63, 3.8) is 0 Å². The fourth-order valence-corrected chi connectivity index (χ4v) is 4.90. The molecule has 0 aromatic heterocycles. The Bertz CT molecular complexity index is 1070. The highest BCUT2D eigenvalue weighted by atomic mass is 35.5. The summed E-state index contributed by atoms with van der Waals surface area (Å²) in [6.45, 7) is 7.54. The third-order valence-electron chi connectivity index (χ3n) is 5.64. The zero-order valence-electron chi connectivity index (χ0n) is 19.1. The third kappa shape index (κ3) is 6.68. The number of amides is 1. The number of ether oxygens (including phenoxy) is 2. The Morgan fingerprint density at radius 2 is 1.82 bits per heavy atom. The van der Waals surface area contributed by atoms with Gasteiger partial charge in [-0.25, -0.2) is 13.1 Å². The second kappa shape index (κ2) is 10.8. The van der Waals surface area contributed by atoms with Gasteiger partial charge in [-0.3, -0.25) is 9.69 Å². The second-order valence-corrected chi connectivity index (χ2v) is 10.6. The van der Waals surface area contributed by atoms with E-state index in [-0.39, 0.29) is 34.2 Å². The SMILES string of the molecule is COc1ccc(C(=O)NCC(C)(C)N2CCOCC2)cc1S(=O)(=O)NCc1ccc(Cl)cc1. The molecule has 1 amide bonds. The van der Waals surface area contributed by atoms with Crippen molar-refractivity contribution in [3.05, 3.63) is 58.6 Å². The smallest absolute Gasteiger partial charge is 0.251 e. The number of hydrogen-bond acceptors (Lipinski definition) is 6. The van der Waals surface area contributed by atoms with Gasteiger partial charge in [0.2, 0.25) is 10.0 Å². The Hall–Kier alpha value is -2.17. The standard InChI is InChI=1S/C23H30ClN3O5S/c1-23(2,27-10-12-32-13-11-27)16-25-22(28)18-6-9-20(31-3)21(14-18)33(29,30)26-15-17-4-7-19(24)8-5-17/h4-9,14,26H,10-13,15-16H2,1-3H3,(H,25,28). The quantitative estimate of drug-likeness (QED) is 0.555. The highest BCUT2D eigenvalue weighted by Gasteiger charge is 2.29. The molecular weight excluding hydrogens is 466 g/mol. The molecule has 10 heteroatoms. The number of carbonyl (C=O) groups excluding carboxylic acids is 1. The van der Waals surface area contributed by atoms with E-state index in [0.717, 1.165) is 18.7 Å². The Morgan fingerprint density at radius 1 is 1.15 bits per heavy atom. The van der Waals surface area contributed by atoms with Crippen molar-refractivity contribution < 1.29 is 22.7 Å². The number of sulfonamides is 1. The summed E-state index contributed by atoms with van der Waals surface area (Å²) >= 11 is 5.88. The van der Waals surface area contributed by atoms with E-state index in [1.165, 1.54) is 19.2 Å². The third-order valence-corrected chi connectivity index (χ3v) is 7.32. The molecule has 2 N–H and O–H groups in total. The van der Waals surface area contributed by atoms with E-state index in [4.69, 9.17) is 21.1 Å². The van der Waals surface area contributed by atoms with E-state index in [1.54, 1.807) is 30.3 Å². The zero-order valence-corrected chi connectivity index (χ0v) is 20.6. The molecule has 0 radical (unpaired) electrons. The summed E-state index contributed by atoms with van der Waals surface area (Å²) in [6.07, 6.45) is 0. The molecule has 1 aliphatic heterocycles. The van der Waals surface area contributed by atoms with Gasteiger partial charge in [-0.1, -0.05) is 23.7 Å². The summed E-state index contributed by atoms with van der Waals surface area (Å²) in [6, 6.07) is 11.2. The Morgan fingerprint density at radius 3 is 2.45 bits per heavy atom. The molecule has 0 bridgehead atoms. The number of nitrogens with zero attached hydrogens (tertiary/aromatic N) is 1.